The Labute approximate surface area is 239 Å². The monoisotopic (exact) mass is 561 g/mol. The lowest BCUT2D eigenvalue weighted by atomic mass is 9.95. The summed E-state index contributed by atoms with van der Waals surface area (Å²) in [5, 5.41) is 18.4. The number of carboxylic acid groups (broad SMARTS) is 2. The van der Waals surface area contributed by atoms with Crippen LogP contribution in [0.2, 0.25) is 0 Å². The second-order valence-corrected chi connectivity index (χ2v) is 9.97. The number of aromatic carboxylic acids is 1. The van der Waals surface area contributed by atoms with E-state index in [2.05, 4.69) is 0 Å². The topological polar surface area (TPSA) is 123 Å². The molecule has 41 heavy (non-hydrogen) atoms. The Bertz CT molecular complexity index is 1320. The van der Waals surface area contributed by atoms with E-state index in [1.165, 1.54) is 23.1 Å². The van der Waals surface area contributed by atoms with Crippen molar-refractivity contribution >= 4 is 17.8 Å². The number of carbonyl (C=O) groups excluding carboxylic acids is 1. The second kappa shape index (κ2) is 14.7. The molecule has 0 bridgehead atoms. The second-order valence-electron chi connectivity index (χ2n) is 9.97. The maximum atomic E-state index is 13.1. The number of hydrogen-bond acceptors (Lipinski definition) is 6. The molecule has 0 saturated carbocycles. The van der Waals surface area contributed by atoms with Crippen LogP contribution in [0.1, 0.15) is 52.0 Å². The molecule has 0 aromatic heterocycles. The zero-order valence-corrected chi connectivity index (χ0v) is 22.9. The molecule has 216 valence electrons. The van der Waals surface area contributed by atoms with E-state index >= 15 is 0 Å². The number of carbonyl (C=O) groups is 3. The third-order valence-electron chi connectivity index (χ3n) is 6.79. The number of likely N-dealkylation sites (tertiary alicyclic amines) is 1. The van der Waals surface area contributed by atoms with E-state index in [1.54, 1.807) is 0 Å². The van der Waals surface area contributed by atoms with Crippen LogP contribution in [-0.4, -0.2) is 65.9 Å². The van der Waals surface area contributed by atoms with Gasteiger partial charge in [0, 0.05) is 19.0 Å². The number of rotatable bonds is 16. The third kappa shape index (κ3) is 8.73. The molecule has 1 saturated heterocycles. The molecule has 4 rings (SSSR count). The number of nitrogens with zero attached hydrogens (tertiary/aromatic N) is 1. The third-order valence-corrected chi connectivity index (χ3v) is 6.79. The van der Waals surface area contributed by atoms with E-state index in [9.17, 15) is 19.5 Å². The van der Waals surface area contributed by atoms with Crippen LogP contribution in [0.5, 0.6) is 17.2 Å². The lowest BCUT2D eigenvalue weighted by Gasteiger charge is -2.38. The standard InChI is InChI=1S/C32H35NO8/c34-30(35)19-23-21-33(22-23)31(36)27-20-25(32(37)38)14-15-29(27)41-18-8-10-24-9-4-5-13-28(24)40-17-7-6-16-39-26-11-2-1-3-12-26/h1-5,9,11-15,20,23H,6-8,10,16-19,21-22H2,(H,34,35)(H,37,38). The van der Waals surface area contributed by atoms with Crippen molar-refractivity contribution in [1.82, 2.24) is 4.90 Å². The fourth-order valence-corrected chi connectivity index (χ4v) is 4.63. The minimum absolute atomic E-state index is 0.00380. The number of para-hydroxylation sites is 2. The molecule has 3 aromatic rings. The summed E-state index contributed by atoms with van der Waals surface area (Å²) in [6, 6.07) is 21.8. The molecule has 3 aromatic carbocycles. The van der Waals surface area contributed by atoms with E-state index in [0.29, 0.717) is 51.5 Å². The number of unbranched alkanes of at least 4 members (excludes halogenated alkanes) is 1. The highest BCUT2D eigenvalue weighted by Gasteiger charge is 2.34. The molecule has 0 spiro atoms. The van der Waals surface area contributed by atoms with Crippen molar-refractivity contribution in [2.24, 2.45) is 5.92 Å². The highest BCUT2D eigenvalue weighted by Crippen LogP contribution is 2.28. The molecular weight excluding hydrogens is 526 g/mol. The van der Waals surface area contributed by atoms with Crippen molar-refractivity contribution in [1.29, 1.82) is 0 Å². The molecule has 1 amide bonds. The zero-order chi connectivity index (χ0) is 29.0. The van der Waals surface area contributed by atoms with Gasteiger partial charge in [-0.25, -0.2) is 4.79 Å². The van der Waals surface area contributed by atoms with Crippen molar-refractivity contribution in [2.45, 2.75) is 32.1 Å². The summed E-state index contributed by atoms with van der Waals surface area (Å²) >= 11 is 0. The molecule has 9 heteroatoms. The zero-order valence-electron chi connectivity index (χ0n) is 22.9. The van der Waals surface area contributed by atoms with Crippen LogP contribution in [0.15, 0.2) is 72.8 Å². The predicted octanol–water partition coefficient (Wildman–Crippen LogP) is 5.18. The normalized spacial score (nSPS) is 12.8. The van der Waals surface area contributed by atoms with Gasteiger partial charge in [-0.15, -0.1) is 0 Å². The van der Waals surface area contributed by atoms with Gasteiger partial charge in [0.25, 0.3) is 5.91 Å². The molecule has 2 N–H and O–H groups in total. The molecule has 9 nitrogen and oxygen atoms in total. The molecule has 1 heterocycles. The summed E-state index contributed by atoms with van der Waals surface area (Å²) in [7, 11) is 0. The van der Waals surface area contributed by atoms with Crippen molar-refractivity contribution < 1.29 is 38.8 Å². The van der Waals surface area contributed by atoms with Crippen LogP contribution in [0.3, 0.4) is 0 Å². The number of carboxylic acids is 2. The molecule has 0 atom stereocenters. The lowest BCUT2D eigenvalue weighted by Crippen LogP contribution is -2.50. The van der Waals surface area contributed by atoms with Crippen LogP contribution in [-0.2, 0) is 11.2 Å². The van der Waals surface area contributed by atoms with E-state index in [4.69, 9.17) is 19.3 Å². The summed E-state index contributed by atoms with van der Waals surface area (Å²) < 4.78 is 17.7. The van der Waals surface area contributed by atoms with Crippen LogP contribution in [0, 0.1) is 5.92 Å². The minimum Gasteiger partial charge on any atom is -0.494 e. The Morgan fingerprint density at radius 3 is 2.15 bits per heavy atom. The Hall–Kier alpha value is -4.53. The van der Waals surface area contributed by atoms with Gasteiger partial charge in [0.05, 0.1) is 37.4 Å². The fourth-order valence-electron chi connectivity index (χ4n) is 4.63. The molecular formula is C32H35NO8. The lowest BCUT2D eigenvalue weighted by molar-refractivity contribution is -0.139. The highest BCUT2D eigenvalue weighted by atomic mass is 16.5. The van der Waals surface area contributed by atoms with Gasteiger partial charge >= 0.3 is 11.9 Å². The number of hydrogen-bond donors (Lipinski definition) is 2. The number of ether oxygens (including phenoxy) is 3. The average Bonchev–Trinajstić information content (AvgIpc) is 2.95. The average molecular weight is 562 g/mol. The molecule has 0 unspecified atom stereocenters. The summed E-state index contributed by atoms with van der Waals surface area (Å²) in [5.74, 6) is -0.514. The minimum atomic E-state index is -1.14. The van der Waals surface area contributed by atoms with E-state index in [0.717, 1.165) is 29.9 Å². The van der Waals surface area contributed by atoms with Crippen LogP contribution < -0.4 is 14.2 Å². The predicted molar refractivity (Wildman–Crippen MR) is 152 cm³/mol. The van der Waals surface area contributed by atoms with Gasteiger partial charge in [0.1, 0.15) is 17.2 Å². The quantitative estimate of drug-likeness (QED) is 0.229. The summed E-state index contributed by atoms with van der Waals surface area (Å²) in [6.07, 6.45) is 3.10. The summed E-state index contributed by atoms with van der Waals surface area (Å²) in [4.78, 5) is 37.0. The Kier molecular flexibility index (Phi) is 10.6. The van der Waals surface area contributed by atoms with Crippen molar-refractivity contribution in [3.05, 3.63) is 89.5 Å². The first-order valence-corrected chi connectivity index (χ1v) is 13.8. The van der Waals surface area contributed by atoms with E-state index in [-0.39, 0.29) is 29.4 Å². The van der Waals surface area contributed by atoms with Gasteiger partial charge < -0.3 is 29.3 Å². The largest absolute Gasteiger partial charge is 0.494 e. The Morgan fingerprint density at radius 2 is 1.41 bits per heavy atom. The van der Waals surface area contributed by atoms with Crippen molar-refractivity contribution in [3.63, 3.8) is 0 Å². The Balaban J connectivity index is 1.25. The maximum Gasteiger partial charge on any atom is 0.335 e. The smallest absolute Gasteiger partial charge is 0.335 e. The molecule has 0 aliphatic carbocycles. The highest BCUT2D eigenvalue weighted by molar-refractivity contribution is 6.00. The van der Waals surface area contributed by atoms with Gasteiger partial charge in [-0.3, -0.25) is 9.59 Å². The molecule has 1 fully saturated rings. The van der Waals surface area contributed by atoms with Gasteiger partial charge in [-0.2, -0.15) is 0 Å². The number of aliphatic carboxylic acids is 1. The summed E-state index contributed by atoms with van der Waals surface area (Å²) in [5.41, 5.74) is 1.21. The van der Waals surface area contributed by atoms with Gasteiger partial charge in [-0.05, 0) is 67.6 Å². The van der Waals surface area contributed by atoms with E-state index in [1.807, 2.05) is 54.6 Å². The number of amides is 1. The fraction of sp³-hybridized carbons (Fsp3) is 0.344. The number of benzene rings is 3. The first kappa shape index (κ1) is 29.5. The van der Waals surface area contributed by atoms with Crippen LogP contribution in [0.4, 0.5) is 0 Å². The molecule has 1 aliphatic heterocycles. The molecule has 0 radical (unpaired) electrons. The van der Waals surface area contributed by atoms with Gasteiger partial charge in [0.2, 0.25) is 0 Å². The van der Waals surface area contributed by atoms with Crippen molar-refractivity contribution in [3.8, 4) is 17.2 Å². The van der Waals surface area contributed by atoms with Gasteiger partial charge in [0.15, 0.2) is 0 Å². The maximum absolute atomic E-state index is 13.1. The van der Waals surface area contributed by atoms with Crippen LogP contribution >= 0.6 is 0 Å². The Morgan fingerprint density at radius 1 is 0.756 bits per heavy atom. The van der Waals surface area contributed by atoms with Crippen LogP contribution in [0.25, 0.3) is 0 Å². The molecule has 1 aliphatic rings. The van der Waals surface area contributed by atoms with Gasteiger partial charge in [-0.1, -0.05) is 36.4 Å². The van der Waals surface area contributed by atoms with E-state index < -0.39 is 11.9 Å². The summed E-state index contributed by atoms with van der Waals surface area (Å²) in [6.45, 7) is 2.17. The SMILES string of the molecule is O=C(O)CC1CN(C(=O)c2cc(C(=O)O)ccc2OCCCc2ccccc2OCCCCOc2ccccc2)C1. The first-order chi connectivity index (χ1) is 19.9. The first-order valence-electron chi connectivity index (χ1n) is 13.8. The number of aryl methyl sites for hydroxylation is 1. The van der Waals surface area contributed by atoms with Crippen molar-refractivity contribution in [2.75, 3.05) is 32.9 Å².